The van der Waals surface area contributed by atoms with Gasteiger partial charge in [-0.25, -0.2) is 0 Å². The van der Waals surface area contributed by atoms with E-state index in [1.165, 1.54) is 0 Å². The quantitative estimate of drug-likeness (QED) is 0.777. The Morgan fingerprint density at radius 2 is 2.05 bits per heavy atom. The molecule has 1 aliphatic rings. The van der Waals surface area contributed by atoms with Crippen LogP contribution in [-0.4, -0.2) is 47.0 Å². The van der Waals surface area contributed by atoms with Gasteiger partial charge < -0.3 is 9.42 Å². The van der Waals surface area contributed by atoms with E-state index in [9.17, 15) is 4.79 Å². The van der Waals surface area contributed by atoms with E-state index in [0.29, 0.717) is 0 Å². The smallest absolute Gasteiger partial charge is 0.246 e. The molecular formula is C14H21N3O2. The topological polar surface area (TPSA) is 49.6 Å². The number of hydrogen-bond donors (Lipinski definition) is 0. The molecule has 1 amide bonds. The standard InChI is InChI=1S/C14H21N3O2/c1-11(2)8-14(18)17-6-4-16(5-7-17)10-13-9-12(3)15-19-13/h8-9H,4-7,10H2,1-3H3. The van der Waals surface area contributed by atoms with E-state index in [2.05, 4.69) is 10.1 Å². The van der Waals surface area contributed by atoms with Gasteiger partial charge in [-0.05, 0) is 20.8 Å². The molecule has 0 aliphatic carbocycles. The Hall–Kier alpha value is -1.62. The molecule has 19 heavy (non-hydrogen) atoms. The van der Waals surface area contributed by atoms with Crippen molar-refractivity contribution in [1.29, 1.82) is 0 Å². The Kier molecular flexibility index (Phi) is 4.37. The third-order valence-electron chi connectivity index (χ3n) is 3.15. The highest BCUT2D eigenvalue weighted by molar-refractivity contribution is 5.88. The summed E-state index contributed by atoms with van der Waals surface area (Å²) >= 11 is 0. The Labute approximate surface area is 113 Å². The van der Waals surface area contributed by atoms with Crippen molar-refractivity contribution in [2.75, 3.05) is 26.2 Å². The number of amides is 1. The molecule has 5 nitrogen and oxygen atoms in total. The molecule has 1 aromatic heterocycles. The van der Waals surface area contributed by atoms with Crippen LogP contribution in [0.25, 0.3) is 0 Å². The van der Waals surface area contributed by atoms with Gasteiger partial charge in [0.15, 0.2) is 5.76 Å². The molecule has 0 bridgehead atoms. The van der Waals surface area contributed by atoms with Crippen molar-refractivity contribution < 1.29 is 9.32 Å². The maximum absolute atomic E-state index is 11.9. The second kappa shape index (κ2) is 6.02. The van der Waals surface area contributed by atoms with Crippen LogP contribution in [0.3, 0.4) is 0 Å². The molecule has 1 saturated heterocycles. The van der Waals surface area contributed by atoms with Crippen molar-refractivity contribution in [2.24, 2.45) is 0 Å². The van der Waals surface area contributed by atoms with Crippen molar-refractivity contribution in [2.45, 2.75) is 27.3 Å². The average Bonchev–Trinajstić information content (AvgIpc) is 2.75. The maximum atomic E-state index is 11.9. The summed E-state index contributed by atoms with van der Waals surface area (Å²) in [7, 11) is 0. The number of aryl methyl sites for hydroxylation is 1. The normalized spacial score (nSPS) is 16.5. The highest BCUT2D eigenvalue weighted by atomic mass is 16.5. The zero-order chi connectivity index (χ0) is 13.8. The summed E-state index contributed by atoms with van der Waals surface area (Å²) in [4.78, 5) is 16.1. The zero-order valence-corrected chi connectivity index (χ0v) is 11.8. The van der Waals surface area contributed by atoms with Gasteiger partial charge in [0.2, 0.25) is 5.91 Å². The fourth-order valence-corrected chi connectivity index (χ4v) is 2.18. The molecule has 0 radical (unpaired) electrons. The average molecular weight is 263 g/mol. The number of allylic oxidation sites excluding steroid dienone is 1. The minimum atomic E-state index is 0.121. The molecule has 0 spiro atoms. The molecule has 2 heterocycles. The van der Waals surface area contributed by atoms with Crippen LogP contribution in [0.2, 0.25) is 0 Å². The van der Waals surface area contributed by atoms with Crippen LogP contribution in [0.15, 0.2) is 22.2 Å². The summed E-state index contributed by atoms with van der Waals surface area (Å²) in [5.74, 6) is 1.01. The lowest BCUT2D eigenvalue weighted by Crippen LogP contribution is -2.47. The van der Waals surface area contributed by atoms with Crippen LogP contribution in [0.1, 0.15) is 25.3 Å². The van der Waals surface area contributed by atoms with Gasteiger partial charge in [-0.1, -0.05) is 10.7 Å². The van der Waals surface area contributed by atoms with E-state index in [4.69, 9.17) is 4.52 Å². The van der Waals surface area contributed by atoms with Gasteiger partial charge in [0, 0.05) is 38.3 Å². The fourth-order valence-electron chi connectivity index (χ4n) is 2.18. The Morgan fingerprint density at radius 1 is 1.37 bits per heavy atom. The van der Waals surface area contributed by atoms with Gasteiger partial charge in [0.25, 0.3) is 0 Å². The SMILES string of the molecule is CC(C)=CC(=O)N1CCN(Cc2cc(C)no2)CC1. The van der Waals surface area contributed by atoms with Gasteiger partial charge >= 0.3 is 0 Å². The molecule has 1 aromatic rings. The molecular weight excluding hydrogens is 242 g/mol. The third kappa shape index (κ3) is 3.92. The highest BCUT2D eigenvalue weighted by Gasteiger charge is 2.20. The number of nitrogens with zero attached hydrogens (tertiary/aromatic N) is 3. The van der Waals surface area contributed by atoms with E-state index in [-0.39, 0.29) is 5.91 Å². The number of carbonyl (C=O) groups is 1. The first-order valence-electron chi connectivity index (χ1n) is 6.63. The molecule has 0 aromatic carbocycles. The van der Waals surface area contributed by atoms with Crippen LogP contribution >= 0.6 is 0 Å². The third-order valence-corrected chi connectivity index (χ3v) is 3.15. The Balaban J connectivity index is 1.82. The van der Waals surface area contributed by atoms with E-state index in [1.54, 1.807) is 6.08 Å². The van der Waals surface area contributed by atoms with Crippen LogP contribution in [0, 0.1) is 6.92 Å². The first-order valence-corrected chi connectivity index (χ1v) is 6.63. The van der Waals surface area contributed by atoms with Crippen LogP contribution in [0.5, 0.6) is 0 Å². The minimum Gasteiger partial charge on any atom is -0.360 e. The van der Waals surface area contributed by atoms with E-state index >= 15 is 0 Å². The molecule has 0 N–H and O–H groups in total. The molecule has 1 fully saturated rings. The molecule has 2 rings (SSSR count). The first-order chi connectivity index (χ1) is 9.04. The van der Waals surface area contributed by atoms with Crippen LogP contribution in [0.4, 0.5) is 0 Å². The first kappa shape index (κ1) is 13.8. The lowest BCUT2D eigenvalue weighted by molar-refractivity contribution is -0.127. The van der Waals surface area contributed by atoms with Crippen molar-refractivity contribution in [3.8, 4) is 0 Å². The fraction of sp³-hybridized carbons (Fsp3) is 0.571. The predicted molar refractivity (Wildman–Crippen MR) is 72.5 cm³/mol. The van der Waals surface area contributed by atoms with Crippen molar-refractivity contribution >= 4 is 5.91 Å². The molecule has 0 unspecified atom stereocenters. The summed E-state index contributed by atoms with van der Waals surface area (Å²) in [5, 5.41) is 3.88. The lowest BCUT2D eigenvalue weighted by atomic mass is 10.2. The van der Waals surface area contributed by atoms with Crippen LogP contribution in [-0.2, 0) is 11.3 Å². The summed E-state index contributed by atoms with van der Waals surface area (Å²) in [6.07, 6.45) is 1.70. The predicted octanol–water partition coefficient (Wildman–Crippen LogP) is 1.59. The second-order valence-corrected chi connectivity index (χ2v) is 5.26. The molecule has 5 heteroatoms. The largest absolute Gasteiger partial charge is 0.360 e. The molecule has 0 saturated carbocycles. The summed E-state index contributed by atoms with van der Waals surface area (Å²) in [5.41, 5.74) is 1.96. The maximum Gasteiger partial charge on any atom is 0.246 e. The number of hydrogen-bond acceptors (Lipinski definition) is 4. The van der Waals surface area contributed by atoms with Crippen molar-refractivity contribution in [3.63, 3.8) is 0 Å². The van der Waals surface area contributed by atoms with Crippen LogP contribution < -0.4 is 0 Å². The van der Waals surface area contributed by atoms with Gasteiger partial charge in [-0.3, -0.25) is 9.69 Å². The zero-order valence-electron chi connectivity index (χ0n) is 11.8. The number of carbonyl (C=O) groups excluding carboxylic acids is 1. The van der Waals surface area contributed by atoms with Gasteiger partial charge in [-0.2, -0.15) is 0 Å². The van der Waals surface area contributed by atoms with E-state index in [0.717, 1.165) is 49.8 Å². The Bertz CT molecular complexity index is 467. The second-order valence-electron chi connectivity index (χ2n) is 5.26. The molecule has 1 aliphatic heterocycles. The highest BCUT2D eigenvalue weighted by Crippen LogP contribution is 2.10. The number of rotatable bonds is 3. The van der Waals surface area contributed by atoms with Gasteiger partial charge in [-0.15, -0.1) is 0 Å². The van der Waals surface area contributed by atoms with Gasteiger partial charge in [0.05, 0.1) is 12.2 Å². The molecule has 0 atom stereocenters. The minimum absolute atomic E-state index is 0.121. The summed E-state index contributed by atoms with van der Waals surface area (Å²) in [6.45, 7) is 9.88. The summed E-state index contributed by atoms with van der Waals surface area (Å²) < 4.78 is 5.21. The van der Waals surface area contributed by atoms with Crippen molar-refractivity contribution in [3.05, 3.63) is 29.2 Å². The van der Waals surface area contributed by atoms with Gasteiger partial charge in [0.1, 0.15) is 0 Å². The Morgan fingerprint density at radius 3 is 2.58 bits per heavy atom. The van der Waals surface area contributed by atoms with Crippen molar-refractivity contribution in [1.82, 2.24) is 15.0 Å². The summed E-state index contributed by atoms with van der Waals surface area (Å²) in [6, 6.07) is 1.96. The lowest BCUT2D eigenvalue weighted by Gasteiger charge is -2.33. The number of aromatic nitrogens is 1. The monoisotopic (exact) mass is 263 g/mol. The van der Waals surface area contributed by atoms with E-state index in [1.807, 2.05) is 31.7 Å². The van der Waals surface area contributed by atoms with E-state index < -0.39 is 0 Å². The molecule has 104 valence electrons. The number of piperazine rings is 1.